The largest absolute Gasteiger partial charge is 0.486 e. The van der Waals surface area contributed by atoms with E-state index in [1.807, 2.05) is 24.3 Å². The Morgan fingerprint density at radius 3 is 2.47 bits per heavy atom. The SMILES string of the molecule is NCCc1cc(Br)c(OCc2cccnc2)c(Br)c1. The van der Waals surface area contributed by atoms with Crippen molar-refractivity contribution in [2.75, 3.05) is 6.54 Å². The molecule has 0 spiro atoms. The molecule has 0 aliphatic rings. The van der Waals surface area contributed by atoms with Gasteiger partial charge in [-0.1, -0.05) is 6.07 Å². The highest BCUT2D eigenvalue weighted by Crippen LogP contribution is 2.35. The molecule has 2 N–H and O–H groups in total. The molecule has 0 bridgehead atoms. The zero-order valence-corrected chi connectivity index (χ0v) is 13.4. The number of hydrogen-bond donors (Lipinski definition) is 1. The molecule has 5 heteroatoms. The normalized spacial score (nSPS) is 10.5. The number of nitrogens with zero attached hydrogens (tertiary/aromatic N) is 1. The maximum absolute atomic E-state index is 5.82. The average molecular weight is 386 g/mol. The quantitative estimate of drug-likeness (QED) is 0.853. The molecule has 2 aromatic rings. The molecule has 0 amide bonds. The number of aromatic nitrogens is 1. The van der Waals surface area contributed by atoms with Crippen LogP contribution in [0.3, 0.4) is 0 Å². The van der Waals surface area contributed by atoms with Gasteiger partial charge >= 0.3 is 0 Å². The highest BCUT2D eigenvalue weighted by molar-refractivity contribution is 9.11. The topological polar surface area (TPSA) is 48.1 Å². The van der Waals surface area contributed by atoms with Crippen LogP contribution in [0.15, 0.2) is 45.6 Å². The van der Waals surface area contributed by atoms with E-state index in [1.165, 1.54) is 5.56 Å². The van der Waals surface area contributed by atoms with Gasteiger partial charge in [0.15, 0.2) is 0 Å². The third kappa shape index (κ3) is 4.03. The summed E-state index contributed by atoms with van der Waals surface area (Å²) in [5.74, 6) is 0.796. The van der Waals surface area contributed by atoms with Gasteiger partial charge in [-0.2, -0.15) is 0 Å². The Labute approximate surface area is 129 Å². The van der Waals surface area contributed by atoms with Crippen LogP contribution < -0.4 is 10.5 Å². The van der Waals surface area contributed by atoms with Crippen molar-refractivity contribution in [1.82, 2.24) is 4.98 Å². The fraction of sp³-hybridized carbons (Fsp3) is 0.214. The lowest BCUT2D eigenvalue weighted by molar-refractivity contribution is 0.301. The van der Waals surface area contributed by atoms with Crippen molar-refractivity contribution in [1.29, 1.82) is 0 Å². The summed E-state index contributed by atoms with van der Waals surface area (Å²) in [7, 11) is 0. The maximum atomic E-state index is 5.82. The van der Waals surface area contributed by atoms with Crippen LogP contribution in [-0.4, -0.2) is 11.5 Å². The molecule has 0 aliphatic heterocycles. The molecule has 0 saturated heterocycles. The van der Waals surface area contributed by atoms with Crippen LogP contribution in [0.5, 0.6) is 5.75 Å². The fourth-order valence-corrected chi connectivity index (χ4v) is 3.21. The minimum absolute atomic E-state index is 0.487. The molecule has 1 aromatic carbocycles. The van der Waals surface area contributed by atoms with E-state index in [4.69, 9.17) is 10.5 Å². The van der Waals surface area contributed by atoms with Crippen molar-refractivity contribution in [2.45, 2.75) is 13.0 Å². The van der Waals surface area contributed by atoms with Gasteiger partial charge in [0.25, 0.3) is 0 Å². The van der Waals surface area contributed by atoms with Gasteiger partial charge in [-0.15, -0.1) is 0 Å². The van der Waals surface area contributed by atoms with E-state index in [9.17, 15) is 0 Å². The van der Waals surface area contributed by atoms with E-state index in [1.54, 1.807) is 12.4 Å². The zero-order chi connectivity index (χ0) is 13.7. The number of hydrogen-bond acceptors (Lipinski definition) is 3. The first-order valence-corrected chi connectivity index (χ1v) is 7.49. The summed E-state index contributed by atoms with van der Waals surface area (Å²) in [4.78, 5) is 4.06. The molecule has 0 saturated carbocycles. The van der Waals surface area contributed by atoms with Crippen molar-refractivity contribution < 1.29 is 4.74 Å². The van der Waals surface area contributed by atoms with Crippen LogP contribution in [0.4, 0.5) is 0 Å². The smallest absolute Gasteiger partial charge is 0.148 e. The third-order valence-corrected chi connectivity index (χ3v) is 3.78. The molecule has 3 nitrogen and oxygen atoms in total. The fourth-order valence-electron chi connectivity index (χ4n) is 1.70. The molecule has 1 aromatic heterocycles. The highest BCUT2D eigenvalue weighted by Gasteiger charge is 2.09. The van der Waals surface area contributed by atoms with Gasteiger partial charge in [-0.25, -0.2) is 0 Å². The molecule has 0 unspecified atom stereocenters. The summed E-state index contributed by atoms with van der Waals surface area (Å²) in [6.07, 6.45) is 4.39. The van der Waals surface area contributed by atoms with E-state index in [0.29, 0.717) is 13.2 Å². The molecule has 0 aliphatic carbocycles. The highest BCUT2D eigenvalue weighted by atomic mass is 79.9. The molecule has 0 atom stereocenters. The van der Waals surface area contributed by atoms with Gasteiger partial charge < -0.3 is 10.5 Å². The Balaban J connectivity index is 2.12. The molecule has 0 fully saturated rings. The number of benzene rings is 1. The average Bonchev–Trinajstić information content (AvgIpc) is 2.39. The van der Waals surface area contributed by atoms with E-state index >= 15 is 0 Å². The first-order valence-electron chi connectivity index (χ1n) is 5.90. The Bertz CT molecular complexity index is 523. The molecule has 100 valence electrons. The summed E-state index contributed by atoms with van der Waals surface area (Å²) < 4.78 is 7.67. The Morgan fingerprint density at radius 2 is 1.89 bits per heavy atom. The maximum Gasteiger partial charge on any atom is 0.148 e. The lowest BCUT2D eigenvalue weighted by Crippen LogP contribution is -2.03. The Kier molecular flexibility index (Phi) is 5.36. The number of ether oxygens (including phenoxy) is 1. The molecular formula is C14H14Br2N2O. The van der Waals surface area contributed by atoms with Crippen LogP contribution in [-0.2, 0) is 13.0 Å². The van der Waals surface area contributed by atoms with Crippen LogP contribution in [0.25, 0.3) is 0 Å². The third-order valence-electron chi connectivity index (χ3n) is 2.60. The van der Waals surface area contributed by atoms with Crippen LogP contribution in [0.1, 0.15) is 11.1 Å². The predicted octanol–water partition coefficient (Wildman–Crippen LogP) is 3.69. The first kappa shape index (κ1) is 14.5. The molecule has 19 heavy (non-hydrogen) atoms. The second-order valence-electron chi connectivity index (χ2n) is 4.08. The summed E-state index contributed by atoms with van der Waals surface area (Å²) in [6, 6.07) is 7.96. The summed E-state index contributed by atoms with van der Waals surface area (Å²) in [6.45, 7) is 1.12. The second kappa shape index (κ2) is 7.03. The van der Waals surface area contributed by atoms with Gasteiger partial charge in [0.1, 0.15) is 12.4 Å². The van der Waals surface area contributed by atoms with Crippen molar-refractivity contribution >= 4 is 31.9 Å². The Morgan fingerprint density at radius 1 is 1.16 bits per heavy atom. The number of pyridine rings is 1. The minimum Gasteiger partial charge on any atom is -0.486 e. The second-order valence-corrected chi connectivity index (χ2v) is 5.79. The summed E-state index contributed by atoms with van der Waals surface area (Å²) in [5, 5.41) is 0. The first-order chi connectivity index (χ1) is 9.20. The lowest BCUT2D eigenvalue weighted by Gasteiger charge is -2.12. The monoisotopic (exact) mass is 384 g/mol. The lowest BCUT2D eigenvalue weighted by atomic mass is 10.1. The predicted molar refractivity (Wildman–Crippen MR) is 83.2 cm³/mol. The van der Waals surface area contributed by atoms with Crippen LogP contribution in [0.2, 0.25) is 0 Å². The van der Waals surface area contributed by atoms with Gasteiger partial charge in [-0.3, -0.25) is 4.98 Å². The van der Waals surface area contributed by atoms with Gasteiger partial charge in [0.2, 0.25) is 0 Å². The zero-order valence-electron chi connectivity index (χ0n) is 10.3. The molecule has 2 rings (SSSR count). The number of rotatable bonds is 5. The standard InChI is InChI=1S/C14H14Br2N2O/c15-12-6-10(3-4-17)7-13(16)14(12)19-9-11-2-1-5-18-8-11/h1-2,5-8H,3-4,9,17H2. The summed E-state index contributed by atoms with van der Waals surface area (Å²) >= 11 is 7.06. The minimum atomic E-state index is 0.487. The number of nitrogens with two attached hydrogens (primary N) is 1. The van der Waals surface area contributed by atoms with Crippen LogP contribution in [0, 0.1) is 0 Å². The number of halogens is 2. The molecule has 0 radical (unpaired) electrons. The van der Waals surface area contributed by atoms with Gasteiger partial charge in [-0.05, 0) is 68.6 Å². The van der Waals surface area contributed by atoms with Crippen molar-refractivity contribution in [3.8, 4) is 5.75 Å². The van der Waals surface area contributed by atoms with Crippen molar-refractivity contribution in [2.24, 2.45) is 5.73 Å². The van der Waals surface area contributed by atoms with E-state index in [-0.39, 0.29) is 0 Å². The van der Waals surface area contributed by atoms with Gasteiger partial charge in [0.05, 0.1) is 8.95 Å². The summed E-state index contributed by atoms with van der Waals surface area (Å²) in [5.41, 5.74) is 7.78. The molecular weight excluding hydrogens is 372 g/mol. The van der Waals surface area contributed by atoms with E-state index in [2.05, 4.69) is 36.8 Å². The van der Waals surface area contributed by atoms with Crippen molar-refractivity contribution in [3.05, 3.63) is 56.7 Å². The van der Waals surface area contributed by atoms with E-state index < -0.39 is 0 Å². The van der Waals surface area contributed by atoms with Crippen LogP contribution >= 0.6 is 31.9 Å². The Hall–Kier alpha value is -0.910. The molecule has 1 heterocycles. The van der Waals surface area contributed by atoms with Gasteiger partial charge in [0, 0.05) is 18.0 Å². The van der Waals surface area contributed by atoms with E-state index in [0.717, 1.165) is 26.7 Å². The van der Waals surface area contributed by atoms with Crippen molar-refractivity contribution in [3.63, 3.8) is 0 Å².